The van der Waals surface area contributed by atoms with Crippen molar-refractivity contribution in [2.45, 2.75) is 83.1 Å². The summed E-state index contributed by atoms with van der Waals surface area (Å²) >= 11 is 0. The van der Waals surface area contributed by atoms with E-state index in [-0.39, 0.29) is 35.8 Å². The van der Waals surface area contributed by atoms with E-state index < -0.39 is 6.29 Å². The van der Waals surface area contributed by atoms with Gasteiger partial charge in [0.2, 0.25) is 0 Å². The number of hydrogen-bond donors (Lipinski definition) is 0. The Hall–Kier alpha value is -1.14. The van der Waals surface area contributed by atoms with Crippen molar-refractivity contribution in [1.82, 2.24) is 0 Å². The Balaban J connectivity index is 1.19. The van der Waals surface area contributed by atoms with Crippen LogP contribution in [0.1, 0.15) is 52.4 Å². The van der Waals surface area contributed by atoms with Gasteiger partial charge in [-0.25, -0.2) is 0 Å². The molecule has 0 spiro atoms. The van der Waals surface area contributed by atoms with E-state index in [1.54, 1.807) is 0 Å². The van der Waals surface area contributed by atoms with Crippen molar-refractivity contribution in [3.63, 3.8) is 0 Å². The summed E-state index contributed by atoms with van der Waals surface area (Å²) in [5.74, 6) is 1.62. The summed E-state index contributed by atoms with van der Waals surface area (Å²) in [5, 5.41) is 0. The second-order valence-electron chi connectivity index (χ2n) is 10.3. The molecular formula is C22H30O6. The maximum atomic E-state index is 13.1. The molecule has 3 heterocycles. The van der Waals surface area contributed by atoms with Crippen LogP contribution < -0.4 is 0 Å². The molecule has 0 aromatic rings. The first-order valence-electron chi connectivity index (χ1n) is 11.2. The molecule has 0 aromatic carbocycles. The van der Waals surface area contributed by atoms with E-state index in [0.29, 0.717) is 48.4 Å². The van der Waals surface area contributed by atoms with Gasteiger partial charge in [-0.1, -0.05) is 13.8 Å². The van der Waals surface area contributed by atoms with Gasteiger partial charge in [0.25, 0.3) is 6.29 Å². The minimum atomic E-state index is -0.750. The predicted octanol–water partition coefficient (Wildman–Crippen LogP) is 2.68. The maximum Gasteiger partial charge on any atom is 0.312 e. The van der Waals surface area contributed by atoms with Crippen LogP contribution in [-0.4, -0.2) is 42.6 Å². The third-order valence-electron chi connectivity index (χ3n) is 8.56. The molecule has 0 amide bonds. The molecular weight excluding hydrogens is 360 g/mol. The molecule has 28 heavy (non-hydrogen) atoms. The lowest BCUT2D eigenvalue weighted by molar-refractivity contribution is -0.203. The van der Waals surface area contributed by atoms with Crippen LogP contribution in [0.5, 0.6) is 0 Å². The molecule has 0 N–H and O–H groups in total. The molecule has 3 saturated carbocycles. The Bertz CT molecular complexity index is 693. The second kappa shape index (κ2) is 6.18. The zero-order valence-corrected chi connectivity index (χ0v) is 16.6. The van der Waals surface area contributed by atoms with Crippen LogP contribution in [0.15, 0.2) is 0 Å². The quantitative estimate of drug-likeness (QED) is 0.533. The topological polar surface area (TPSA) is 77.7 Å². The molecule has 6 heteroatoms. The van der Waals surface area contributed by atoms with E-state index in [0.717, 1.165) is 32.1 Å². The summed E-state index contributed by atoms with van der Waals surface area (Å²) < 4.78 is 23.0. The van der Waals surface area contributed by atoms with Gasteiger partial charge in [-0.05, 0) is 61.7 Å². The van der Waals surface area contributed by atoms with Crippen LogP contribution >= 0.6 is 0 Å². The van der Waals surface area contributed by atoms with Gasteiger partial charge in [0.1, 0.15) is 0 Å². The van der Waals surface area contributed by atoms with Gasteiger partial charge in [0, 0.05) is 12.3 Å². The van der Waals surface area contributed by atoms with Gasteiger partial charge >= 0.3 is 11.9 Å². The highest BCUT2D eigenvalue weighted by atomic mass is 16.7. The number of carbonyl (C=O) groups is 2. The molecule has 6 fully saturated rings. The minimum Gasteiger partial charge on any atom is -0.425 e. The Morgan fingerprint density at radius 3 is 2.07 bits per heavy atom. The highest BCUT2D eigenvalue weighted by Crippen LogP contribution is 2.61. The first-order chi connectivity index (χ1) is 13.5. The number of fused-ring (bicyclic) bond motifs is 3. The summed E-state index contributed by atoms with van der Waals surface area (Å²) in [6.07, 6.45) is 5.77. The summed E-state index contributed by atoms with van der Waals surface area (Å²) in [4.78, 5) is 25.5. The standard InChI is InChI=1S/C22H30O6/c1-9-5-14-16(25-14)7-12(9)19-11-3-4-18(23)27-22(28-21(24)20(11)19)13-8-17-15(26-17)6-10(13)2/h9-17,19-20,22H,3-8H2,1-2H3. The van der Waals surface area contributed by atoms with Crippen LogP contribution in [0.25, 0.3) is 0 Å². The van der Waals surface area contributed by atoms with E-state index in [1.807, 2.05) is 0 Å². The fourth-order valence-electron chi connectivity index (χ4n) is 6.74. The van der Waals surface area contributed by atoms with Crippen molar-refractivity contribution in [2.24, 2.45) is 41.4 Å². The molecule has 6 rings (SSSR count). The number of rotatable bonds is 2. The highest BCUT2D eigenvalue weighted by Gasteiger charge is 2.63. The molecule has 154 valence electrons. The van der Waals surface area contributed by atoms with E-state index in [1.165, 1.54) is 0 Å². The average molecular weight is 390 g/mol. The predicted molar refractivity (Wildman–Crippen MR) is 96.8 cm³/mol. The Kier molecular flexibility index (Phi) is 3.90. The van der Waals surface area contributed by atoms with Crippen LogP contribution in [0.2, 0.25) is 0 Å². The smallest absolute Gasteiger partial charge is 0.312 e. The molecule has 12 unspecified atom stereocenters. The van der Waals surface area contributed by atoms with Crippen LogP contribution in [0, 0.1) is 41.4 Å². The molecule has 3 saturated heterocycles. The molecule has 3 aliphatic carbocycles. The minimum absolute atomic E-state index is 0.0413. The van der Waals surface area contributed by atoms with E-state index in [2.05, 4.69) is 13.8 Å². The van der Waals surface area contributed by atoms with Crippen molar-refractivity contribution in [3.8, 4) is 0 Å². The molecule has 0 aromatic heterocycles. The Labute approximate surface area is 165 Å². The average Bonchev–Trinajstić information content (AvgIpc) is 3.52. The zero-order valence-electron chi connectivity index (χ0n) is 16.6. The first-order valence-corrected chi connectivity index (χ1v) is 11.2. The van der Waals surface area contributed by atoms with Crippen molar-refractivity contribution in [1.29, 1.82) is 0 Å². The van der Waals surface area contributed by atoms with E-state index >= 15 is 0 Å². The van der Waals surface area contributed by atoms with Gasteiger partial charge in [-0.15, -0.1) is 0 Å². The van der Waals surface area contributed by atoms with Gasteiger partial charge in [-0.2, -0.15) is 0 Å². The fourth-order valence-corrected chi connectivity index (χ4v) is 6.74. The van der Waals surface area contributed by atoms with E-state index in [9.17, 15) is 9.59 Å². The van der Waals surface area contributed by atoms with Crippen molar-refractivity contribution < 1.29 is 28.5 Å². The van der Waals surface area contributed by atoms with Crippen molar-refractivity contribution in [2.75, 3.05) is 0 Å². The lowest BCUT2D eigenvalue weighted by Crippen LogP contribution is -2.39. The number of esters is 2. The van der Waals surface area contributed by atoms with Crippen molar-refractivity contribution in [3.05, 3.63) is 0 Å². The zero-order chi connectivity index (χ0) is 19.2. The number of cyclic esters (lactones) is 2. The first kappa shape index (κ1) is 17.7. The fraction of sp³-hybridized carbons (Fsp3) is 0.909. The highest BCUT2D eigenvalue weighted by molar-refractivity contribution is 5.78. The van der Waals surface area contributed by atoms with Crippen LogP contribution in [0.3, 0.4) is 0 Å². The Morgan fingerprint density at radius 1 is 0.750 bits per heavy atom. The molecule has 6 aliphatic rings. The molecule has 3 aliphatic heterocycles. The largest absolute Gasteiger partial charge is 0.425 e. The molecule has 6 nitrogen and oxygen atoms in total. The molecule has 0 radical (unpaired) electrons. The van der Waals surface area contributed by atoms with Gasteiger partial charge in [-0.3, -0.25) is 9.59 Å². The maximum absolute atomic E-state index is 13.1. The van der Waals surface area contributed by atoms with Crippen molar-refractivity contribution >= 4 is 11.9 Å². The van der Waals surface area contributed by atoms with Crippen LogP contribution in [0.4, 0.5) is 0 Å². The van der Waals surface area contributed by atoms with Gasteiger partial charge < -0.3 is 18.9 Å². The summed E-state index contributed by atoms with van der Waals surface area (Å²) in [6.45, 7) is 4.44. The molecule has 12 atom stereocenters. The SMILES string of the molecule is CC1CC2OC2CC1C1OC(=O)CCC2C(C(=O)O1)C2C1CC2OC2CC1C. The normalized spacial score (nSPS) is 57.2. The monoisotopic (exact) mass is 390 g/mol. The number of hydrogen-bond acceptors (Lipinski definition) is 6. The summed E-state index contributed by atoms with van der Waals surface area (Å²) in [7, 11) is 0. The number of epoxide rings is 2. The summed E-state index contributed by atoms with van der Waals surface area (Å²) in [5.41, 5.74) is 0. The Morgan fingerprint density at radius 2 is 1.36 bits per heavy atom. The lowest BCUT2D eigenvalue weighted by Gasteiger charge is -2.32. The third kappa shape index (κ3) is 2.90. The van der Waals surface area contributed by atoms with E-state index in [4.69, 9.17) is 18.9 Å². The lowest BCUT2D eigenvalue weighted by atomic mass is 9.76. The van der Waals surface area contributed by atoms with Gasteiger partial charge in [0.15, 0.2) is 0 Å². The van der Waals surface area contributed by atoms with Gasteiger partial charge in [0.05, 0.1) is 30.3 Å². The number of ether oxygens (including phenoxy) is 4. The van der Waals surface area contributed by atoms with Crippen LogP contribution in [-0.2, 0) is 28.5 Å². The second-order valence-corrected chi connectivity index (χ2v) is 10.3. The third-order valence-corrected chi connectivity index (χ3v) is 8.56. The number of carbonyl (C=O) groups excluding carboxylic acids is 2. The molecule has 0 bridgehead atoms. The summed E-state index contributed by atoms with van der Waals surface area (Å²) in [6, 6.07) is 0.